The number of hydrogen-bond donors (Lipinski definition) is 0. The summed E-state index contributed by atoms with van der Waals surface area (Å²) in [6.45, 7) is 3.25. The zero-order valence-electron chi connectivity index (χ0n) is 7.84. The summed E-state index contributed by atoms with van der Waals surface area (Å²) in [4.78, 5) is 3.98. The highest BCUT2D eigenvalue weighted by Crippen LogP contribution is 2.12. The molecule has 1 heterocycles. The fourth-order valence-corrected chi connectivity index (χ4v) is 0.719. The predicted molar refractivity (Wildman–Crippen MR) is 50.9 cm³/mol. The van der Waals surface area contributed by atoms with E-state index < -0.39 is 5.67 Å². The van der Waals surface area contributed by atoms with E-state index in [4.69, 9.17) is 0 Å². The highest BCUT2D eigenvalue weighted by atomic mass is 19.1. The lowest BCUT2D eigenvalue weighted by Crippen LogP contribution is -2.12. The molecule has 1 rings (SSSR count). The van der Waals surface area contributed by atoms with Crippen molar-refractivity contribution in [2.45, 2.75) is 25.9 Å². The summed E-state index contributed by atoms with van der Waals surface area (Å²) in [5.74, 6) is 5.25. The Morgan fingerprint density at radius 1 is 1.54 bits per heavy atom. The van der Waals surface area contributed by atoms with Crippen LogP contribution in [0.3, 0.4) is 0 Å². The highest BCUT2D eigenvalue weighted by molar-refractivity contribution is 5.29. The molecule has 0 radical (unpaired) electrons. The van der Waals surface area contributed by atoms with Crippen LogP contribution in [0.25, 0.3) is 0 Å². The van der Waals surface area contributed by atoms with Crippen LogP contribution >= 0.6 is 0 Å². The smallest absolute Gasteiger partial charge is 0.168 e. The van der Waals surface area contributed by atoms with Crippen molar-refractivity contribution in [1.82, 2.24) is 4.98 Å². The molecule has 0 spiro atoms. The maximum atomic E-state index is 13.3. The normalized spacial score (nSPS) is 14.1. The van der Waals surface area contributed by atoms with E-state index in [0.717, 1.165) is 0 Å². The summed E-state index contributed by atoms with van der Waals surface area (Å²) in [6.07, 6.45) is 2.04. The summed E-state index contributed by atoms with van der Waals surface area (Å²) in [5.41, 5.74) is -0.794. The van der Waals surface area contributed by atoms with Gasteiger partial charge in [-0.3, -0.25) is 0 Å². The predicted octanol–water partition coefficient (Wildman–Crippen LogP) is 2.57. The first-order valence-corrected chi connectivity index (χ1v) is 4.27. The molecule has 1 atom stereocenters. The first kappa shape index (κ1) is 9.73. The molecule has 1 unspecified atom stereocenters. The van der Waals surface area contributed by atoms with E-state index >= 15 is 0 Å². The topological polar surface area (TPSA) is 12.9 Å². The van der Waals surface area contributed by atoms with Gasteiger partial charge in [-0.25, -0.2) is 9.37 Å². The van der Waals surface area contributed by atoms with E-state index in [2.05, 4.69) is 16.8 Å². The van der Waals surface area contributed by atoms with Crippen molar-refractivity contribution < 1.29 is 4.39 Å². The molecule has 1 nitrogen and oxygen atoms in total. The summed E-state index contributed by atoms with van der Waals surface area (Å²) in [5, 5.41) is 0. The van der Waals surface area contributed by atoms with Crippen LogP contribution in [0.1, 0.15) is 26.0 Å². The highest BCUT2D eigenvalue weighted by Gasteiger charge is 2.15. The molecule has 2 heteroatoms. The Kier molecular flexibility index (Phi) is 3.02. The Balaban J connectivity index is 2.79. The molecule has 0 saturated heterocycles. The third kappa shape index (κ3) is 3.25. The Bertz CT molecular complexity index is 319. The van der Waals surface area contributed by atoms with Gasteiger partial charge in [0, 0.05) is 6.20 Å². The molecule has 13 heavy (non-hydrogen) atoms. The number of hydrogen-bond acceptors (Lipinski definition) is 1. The molecule has 1 aromatic heterocycles. The van der Waals surface area contributed by atoms with Gasteiger partial charge in [-0.2, -0.15) is 0 Å². The third-order valence-electron chi connectivity index (χ3n) is 1.78. The van der Waals surface area contributed by atoms with Crippen LogP contribution < -0.4 is 0 Å². The molecule has 68 valence electrons. The van der Waals surface area contributed by atoms with E-state index in [0.29, 0.717) is 12.1 Å². The maximum Gasteiger partial charge on any atom is 0.168 e. The zero-order chi connectivity index (χ0) is 9.73. The van der Waals surface area contributed by atoms with Gasteiger partial charge < -0.3 is 0 Å². The zero-order valence-corrected chi connectivity index (χ0v) is 7.84. The van der Waals surface area contributed by atoms with E-state index in [1.165, 1.54) is 6.92 Å². The average molecular weight is 177 g/mol. The van der Waals surface area contributed by atoms with Gasteiger partial charge in [0.2, 0.25) is 0 Å². The van der Waals surface area contributed by atoms with Crippen LogP contribution in [0.4, 0.5) is 4.39 Å². The second-order valence-electron chi connectivity index (χ2n) is 3.02. The minimum absolute atomic E-state index is 0.396. The molecule has 0 aliphatic carbocycles. The number of rotatable bonds is 1. The molecule has 0 saturated carbocycles. The Morgan fingerprint density at radius 3 is 2.85 bits per heavy atom. The van der Waals surface area contributed by atoms with E-state index in [1.807, 2.05) is 6.07 Å². The van der Waals surface area contributed by atoms with Crippen LogP contribution in [0, 0.1) is 11.8 Å². The lowest BCUT2D eigenvalue weighted by Gasteiger charge is -2.07. The lowest BCUT2D eigenvalue weighted by atomic mass is 10.1. The van der Waals surface area contributed by atoms with Crippen molar-refractivity contribution in [3.8, 4) is 11.8 Å². The molecule has 0 fully saturated rings. The lowest BCUT2D eigenvalue weighted by molar-refractivity contribution is 0.263. The van der Waals surface area contributed by atoms with Crippen molar-refractivity contribution >= 4 is 0 Å². The van der Waals surface area contributed by atoms with E-state index in [1.54, 1.807) is 25.3 Å². The average Bonchev–Trinajstić information content (AvgIpc) is 2.17. The van der Waals surface area contributed by atoms with Gasteiger partial charge in [0.05, 0.1) is 0 Å². The van der Waals surface area contributed by atoms with Crippen molar-refractivity contribution in [2.24, 2.45) is 0 Å². The molecule has 0 aliphatic rings. The Morgan fingerprint density at radius 2 is 2.31 bits per heavy atom. The van der Waals surface area contributed by atoms with Crippen LogP contribution in [0.15, 0.2) is 24.4 Å². The molecular weight excluding hydrogens is 165 g/mol. The standard InChI is InChI=1S/C11H12FN/c1-3-11(2,12)8-7-10-6-4-5-9-13-10/h4-6,9H,3H2,1-2H3. The fraction of sp³-hybridized carbons (Fsp3) is 0.364. The van der Waals surface area contributed by atoms with Gasteiger partial charge in [-0.15, -0.1) is 0 Å². The van der Waals surface area contributed by atoms with E-state index in [9.17, 15) is 4.39 Å². The second kappa shape index (κ2) is 4.04. The van der Waals surface area contributed by atoms with Crippen molar-refractivity contribution in [3.05, 3.63) is 30.1 Å². The van der Waals surface area contributed by atoms with Gasteiger partial charge in [0.1, 0.15) is 5.69 Å². The first-order valence-electron chi connectivity index (χ1n) is 4.27. The maximum absolute atomic E-state index is 13.3. The summed E-state index contributed by atoms with van der Waals surface area (Å²) >= 11 is 0. The number of halogens is 1. The number of aromatic nitrogens is 1. The molecule has 0 bridgehead atoms. The fourth-order valence-electron chi connectivity index (χ4n) is 0.719. The monoisotopic (exact) mass is 177 g/mol. The first-order chi connectivity index (χ1) is 6.14. The van der Waals surface area contributed by atoms with Crippen molar-refractivity contribution in [3.63, 3.8) is 0 Å². The van der Waals surface area contributed by atoms with Gasteiger partial charge in [0.25, 0.3) is 0 Å². The van der Waals surface area contributed by atoms with Gasteiger partial charge in [-0.1, -0.05) is 18.9 Å². The third-order valence-corrected chi connectivity index (χ3v) is 1.78. The molecule has 0 N–H and O–H groups in total. The molecule has 0 amide bonds. The van der Waals surface area contributed by atoms with Gasteiger partial charge >= 0.3 is 0 Å². The van der Waals surface area contributed by atoms with Crippen LogP contribution in [-0.2, 0) is 0 Å². The van der Waals surface area contributed by atoms with E-state index in [-0.39, 0.29) is 0 Å². The molecule has 0 aromatic carbocycles. The van der Waals surface area contributed by atoms with Crippen LogP contribution in [0.5, 0.6) is 0 Å². The van der Waals surface area contributed by atoms with Gasteiger partial charge in [0.15, 0.2) is 5.67 Å². The number of alkyl halides is 1. The summed E-state index contributed by atoms with van der Waals surface area (Å²) in [7, 11) is 0. The minimum Gasteiger partial charge on any atom is -0.248 e. The molecule has 0 aliphatic heterocycles. The molecular formula is C11H12FN. The SMILES string of the molecule is CCC(C)(F)C#Cc1ccccn1. The van der Waals surface area contributed by atoms with Crippen molar-refractivity contribution in [2.75, 3.05) is 0 Å². The Hall–Kier alpha value is -1.36. The van der Waals surface area contributed by atoms with Crippen LogP contribution in [-0.4, -0.2) is 10.7 Å². The number of nitrogens with zero attached hydrogens (tertiary/aromatic N) is 1. The van der Waals surface area contributed by atoms with Crippen molar-refractivity contribution in [1.29, 1.82) is 0 Å². The number of pyridine rings is 1. The summed E-state index contributed by atoms with van der Waals surface area (Å²) in [6, 6.07) is 5.40. The van der Waals surface area contributed by atoms with Gasteiger partial charge in [-0.05, 0) is 31.4 Å². The Labute approximate surface area is 78.0 Å². The largest absolute Gasteiger partial charge is 0.248 e. The minimum atomic E-state index is -1.41. The summed E-state index contributed by atoms with van der Waals surface area (Å²) < 4.78 is 13.3. The molecule has 1 aromatic rings. The quantitative estimate of drug-likeness (QED) is 0.601. The van der Waals surface area contributed by atoms with Crippen LogP contribution in [0.2, 0.25) is 0 Å². The second-order valence-corrected chi connectivity index (χ2v) is 3.02.